The van der Waals surface area contributed by atoms with Crippen molar-refractivity contribution in [1.29, 1.82) is 0 Å². The van der Waals surface area contributed by atoms with Gasteiger partial charge < -0.3 is 9.64 Å². The van der Waals surface area contributed by atoms with Crippen LogP contribution in [0.25, 0.3) is 0 Å². The number of Topliss-reactive ketones (excluding diaryl/α,β-unsaturated/α-hetero) is 1. The maximum atomic E-state index is 11.5. The van der Waals surface area contributed by atoms with E-state index in [1.165, 1.54) is 18.9 Å². The van der Waals surface area contributed by atoms with Crippen LogP contribution in [0.3, 0.4) is 0 Å². The van der Waals surface area contributed by atoms with Crippen LogP contribution in [0.15, 0.2) is 12.2 Å². The summed E-state index contributed by atoms with van der Waals surface area (Å²) in [7, 11) is 1.50. The third-order valence-corrected chi connectivity index (χ3v) is 2.42. The van der Waals surface area contributed by atoms with Crippen LogP contribution in [0, 0.1) is 0 Å². The zero-order valence-corrected chi connectivity index (χ0v) is 11.0. The fraction of sp³-hybridized carbons (Fsp3) is 0.583. The van der Waals surface area contributed by atoms with Gasteiger partial charge in [0, 0.05) is 19.5 Å². The Labute approximate surface area is 101 Å². The molecule has 0 saturated heterocycles. The molecule has 0 aliphatic carbocycles. The highest BCUT2D eigenvalue weighted by Gasteiger charge is 2.31. The van der Waals surface area contributed by atoms with Gasteiger partial charge in [0.1, 0.15) is 6.61 Å². The summed E-state index contributed by atoms with van der Waals surface area (Å²) in [6.07, 6.45) is 0. The largest absolute Gasteiger partial charge is 0.460 e. The number of ether oxygens (including phenoxy) is 1. The predicted octanol–water partition coefficient (Wildman–Crippen LogP) is 0.932. The Balaban J connectivity index is 4.57. The van der Waals surface area contributed by atoms with E-state index in [2.05, 4.69) is 6.58 Å². The number of carbonyl (C=O) groups is 3. The Bertz CT molecular complexity index is 358. The van der Waals surface area contributed by atoms with E-state index in [0.717, 1.165) is 0 Å². The summed E-state index contributed by atoms with van der Waals surface area (Å²) in [6, 6.07) is 0. The number of likely N-dealkylation sites (N-methyl/N-ethyl adjacent to an activating group) is 1. The molecule has 0 unspecified atom stereocenters. The maximum absolute atomic E-state index is 11.5. The Hall–Kier alpha value is -1.65. The molecule has 0 rings (SSSR count). The molecule has 0 N–H and O–H groups in total. The number of ketones is 1. The highest BCUT2D eigenvalue weighted by atomic mass is 16.5. The highest BCUT2D eigenvalue weighted by molar-refractivity contribution is 6.35. The molecule has 1 amide bonds. The molecule has 0 heterocycles. The van der Waals surface area contributed by atoms with Crippen LogP contribution in [0.2, 0.25) is 0 Å². The minimum atomic E-state index is -0.742. The van der Waals surface area contributed by atoms with Gasteiger partial charge in [-0.1, -0.05) is 6.58 Å². The van der Waals surface area contributed by atoms with E-state index >= 15 is 0 Å². The van der Waals surface area contributed by atoms with Crippen LogP contribution in [-0.2, 0) is 19.1 Å². The first-order chi connectivity index (χ1) is 7.59. The number of carbonyl (C=O) groups excluding carboxylic acids is 3. The zero-order valence-electron chi connectivity index (χ0n) is 11.0. The van der Waals surface area contributed by atoms with Crippen molar-refractivity contribution in [3.8, 4) is 0 Å². The summed E-state index contributed by atoms with van der Waals surface area (Å²) in [4.78, 5) is 34.9. The molecular weight excluding hydrogens is 222 g/mol. The van der Waals surface area contributed by atoms with Crippen molar-refractivity contribution in [3.05, 3.63) is 12.2 Å². The fourth-order valence-corrected chi connectivity index (χ4v) is 0.973. The quantitative estimate of drug-likeness (QED) is 0.408. The first-order valence-corrected chi connectivity index (χ1v) is 5.21. The van der Waals surface area contributed by atoms with Crippen LogP contribution in [0.1, 0.15) is 27.7 Å². The van der Waals surface area contributed by atoms with Crippen LogP contribution in [-0.4, -0.2) is 41.8 Å². The lowest BCUT2D eigenvalue weighted by molar-refractivity contribution is -0.151. The summed E-state index contributed by atoms with van der Waals surface area (Å²) in [5, 5.41) is 0. The average Bonchev–Trinajstić information content (AvgIpc) is 2.23. The van der Waals surface area contributed by atoms with Crippen molar-refractivity contribution in [1.82, 2.24) is 4.90 Å². The van der Waals surface area contributed by atoms with Gasteiger partial charge in [0.25, 0.3) is 5.91 Å². The second-order valence-electron chi connectivity index (χ2n) is 4.59. The monoisotopic (exact) mass is 241 g/mol. The summed E-state index contributed by atoms with van der Waals surface area (Å²) < 4.78 is 4.98. The molecule has 96 valence electrons. The van der Waals surface area contributed by atoms with Gasteiger partial charge in [-0.15, -0.1) is 0 Å². The standard InChI is InChI=1S/C12H19NO4/c1-8(2)11(16)17-7-12(4,5)13(6)10(15)9(3)14/h1,7H2,2-6H3. The predicted molar refractivity (Wildman–Crippen MR) is 63.3 cm³/mol. The molecule has 0 atom stereocenters. The van der Waals surface area contributed by atoms with E-state index in [1.807, 2.05) is 0 Å². The summed E-state index contributed by atoms with van der Waals surface area (Å²) in [5.41, 5.74) is -0.449. The molecule has 0 aromatic carbocycles. The van der Waals surface area contributed by atoms with E-state index in [9.17, 15) is 14.4 Å². The van der Waals surface area contributed by atoms with Crippen molar-refractivity contribution in [2.75, 3.05) is 13.7 Å². The lowest BCUT2D eigenvalue weighted by Crippen LogP contribution is -2.50. The van der Waals surface area contributed by atoms with Gasteiger partial charge in [0.2, 0.25) is 5.78 Å². The smallest absolute Gasteiger partial charge is 0.333 e. The van der Waals surface area contributed by atoms with Crippen molar-refractivity contribution in [2.45, 2.75) is 33.2 Å². The molecule has 0 radical (unpaired) electrons. The van der Waals surface area contributed by atoms with Crippen molar-refractivity contribution in [3.63, 3.8) is 0 Å². The van der Waals surface area contributed by atoms with Crippen molar-refractivity contribution in [2.24, 2.45) is 0 Å². The summed E-state index contributed by atoms with van der Waals surface area (Å²) in [5.74, 6) is -1.67. The van der Waals surface area contributed by atoms with E-state index in [4.69, 9.17) is 4.74 Å². The van der Waals surface area contributed by atoms with Crippen molar-refractivity contribution >= 4 is 17.7 Å². The van der Waals surface area contributed by atoms with E-state index in [1.54, 1.807) is 20.8 Å². The molecule has 0 aromatic heterocycles. The number of esters is 1. The Morgan fingerprint density at radius 2 is 1.71 bits per heavy atom. The maximum Gasteiger partial charge on any atom is 0.333 e. The molecule has 0 aliphatic rings. The van der Waals surface area contributed by atoms with Crippen LogP contribution < -0.4 is 0 Å². The number of amides is 1. The topological polar surface area (TPSA) is 63.7 Å². The molecule has 0 spiro atoms. The van der Waals surface area contributed by atoms with Gasteiger partial charge in [0.15, 0.2) is 0 Å². The van der Waals surface area contributed by atoms with Gasteiger partial charge in [-0.2, -0.15) is 0 Å². The third kappa shape index (κ3) is 4.38. The van der Waals surface area contributed by atoms with Gasteiger partial charge in [0.05, 0.1) is 5.54 Å². The van der Waals surface area contributed by atoms with Gasteiger partial charge >= 0.3 is 5.97 Å². The molecule has 17 heavy (non-hydrogen) atoms. The van der Waals surface area contributed by atoms with E-state index < -0.39 is 23.2 Å². The van der Waals surface area contributed by atoms with Gasteiger partial charge in [-0.25, -0.2) is 4.79 Å². The molecule has 5 heteroatoms. The van der Waals surface area contributed by atoms with Crippen LogP contribution in [0.4, 0.5) is 0 Å². The number of nitrogens with zero attached hydrogens (tertiary/aromatic N) is 1. The first-order valence-electron chi connectivity index (χ1n) is 5.21. The number of hydrogen-bond donors (Lipinski definition) is 0. The molecule has 0 saturated carbocycles. The molecule has 0 aromatic rings. The molecule has 5 nitrogen and oxygen atoms in total. The van der Waals surface area contributed by atoms with Gasteiger partial charge in [-0.05, 0) is 20.8 Å². The van der Waals surface area contributed by atoms with E-state index in [0.29, 0.717) is 5.57 Å². The number of rotatable bonds is 5. The Morgan fingerprint density at radius 3 is 2.06 bits per heavy atom. The first kappa shape index (κ1) is 15.3. The summed E-state index contributed by atoms with van der Waals surface area (Å²) >= 11 is 0. The normalized spacial score (nSPS) is 10.6. The van der Waals surface area contributed by atoms with E-state index in [-0.39, 0.29) is 6.61 Å². The van der Waals surface area contributed by atoms with Crippen molar-refractivity contribution < 1.29 is 19.1 Å². The fourth-order valence-electron chi connectivity index (χ4n) is 0.973. The second kappa shape index (κ2) is 5.61. The second-order valence-corrected chi connectivity index (χ2v) is 4.59. The molecular formula is C12H19NO4. The minimum Gasteiger partial charge on any atom is -0.460 e. The third-order valence-electron chi connectivity index (χ3n) is 2.42. The van der Waals surface area contributed by atoms with Gasteiger partial charge in [-0.3, -0.25) is 9.59 Å². The van der Waals surface area contributed by atoms with Crippen LogP contribution >= 0.6 is 0 Å². The lowest BCUT2D eigenvalue weighted by atomic mass is 10.0. The minimum absolute atomic E-state index is 0.00815. The molecule has 0 bridgehead atoms. The SMILES string of the molecule is C=C(C)C(=O)OCC(C)(C)N(C)C(=O)C(C)=O. The Kier molecular flexibility index (Phi) is 5.07. The summed E-state index contributed by atoms with van der Waals surface area (Å²) in [6.45, 7) is 9.62. The van der Waals surface area contributed by atoms with Crippen LogP contribution in [0.5, 0.6) is 0 Å². The highest BCUT2D eigenvalue weighted by Crippen LogP contribution is 2.14. The Morgan fingerprint density at radius 1 is 1.24 bits per heavy atom. The zero-order chi connectivity index (χ0) is 13.8. The lowest BCUT2D eigenvalue weighted by Gasteiger charge is -2.34. The molecule has 0 fully saturated rings. The average molecular weight is 241 g/mol. The number of hydrogen-bond acceptors (Lipinski definition) is 4. The molecule has 0 aliphatic heterocycles.